The van der Waals surface area contributed by atoms with Crippen LogP contribution in [0.15, 0.2) is 53.1 Å². The second-order valence-corrected chi connectivity index (χ2v) is 7.94. The summed E-state index contributed by atoms with van der Waals surface area (Å²) in [6, 6.07) is 14.5. The van der Waals surface area contributed by atoms with Crippen molar-refractivity contribution in [1.82, 2.24) is 15.0 Å². The van der Waals surface area contributed by atoms with Crippen LogP contribution in [0.1, 0.15) is 18.7 Å². The Kier molecular flexibility index (Phi) is 6.13. The number of anilines is 1. The Labute approximate surface area is 178 Å². The molecule has 4 rings (SSSR count). The second-order valence-electron chi connectivity index (χ2n) is 7.07. The van der Waals surface area contributed by atoms with Crippen LogP contribution in [0, 0.1) is 5.92 Å². The number of nitrogens with zero attached hydrogens (tertiary/aromatic N) is 3. The van der Waals surface area contributed by atoms with Gasteiger partial charge in [-0.25, -0.2) is 0 Å². The van der Waals surface area contributed by atoms with E-state index >= 15 is 0 Å². The van der Waals surface area contributed by atoms with E-state index in [4.69, 9.17) is 27.7 Å². The second kappa shape index (κ2) is 8.95. The number of benzene rings is 2. The third-order valence-electron chi connectivity index (χ3n) is 4.98. The fraction of sp³-hybridized carbons (Fsp3) is 0.286. The van der Waals surface area contributed by atoms with Gasteiger partial charge in [0, 0.05) is 27.2 Å². The van der Waals surface area contributed by atoms with Crippen LogP contribution >= 0.6 is 23.2 Å². The van der Waals surface area contributed by atoms with E-state index in [1.54, 1.807) is 24.3 Å². The van der Waals surface area contributed by atoms with Gasteiger partial charge in [0.25, 0.3) is 0 Å². The van der Waals surface area contributed by atoms with Crippen LogP contribution in [-0.4, -0.2) is 34.0 Å². The standard InChI is InChI=1S/C21H20Cl2N4O2/c22-16-6-4-14(5-7-16)20-25-19(29-26-20)13-27-10-8-15(9-11-27)21(28)24-18-3-1-2-17(23)12-18/h1-7,12,15H,8-11,13H2,(H,24,28). The van der Waals surface area contributed by atoms with E-state index < -0.39 is 0 Å². The van der Waals surface area contributed by atoms with Crippen LogP contribution in [0.2, 0.25) is 10.0 Å². The quantitative estimate of drug-likeness (QED) is 0.623. The van der Waals surface area contributed by atoms with E-state index in [1.807, 2.05) is 24.3 Å². The third kappa shape index (κ3) is 5.15. The summed E-state index contributed by atoms with van der Waals surface area (Å²) >= 11 is 11.9. The minimum atomic E-state index is -0.0162. The molecule has 6 nitrogen and oxygen atoms in total. The maximum Gasteiger partial charge on any atom is 0.241 e. The maximum absolute atomic E-state index is 12.5. The van der Waals surface area contributed by atoms with Gasteiger partial charge in [-0.1, -0.05) is 34.4 Å². The van der Waals surface area contributed by atoms with Gasteiger partial charge in [0.15, 0.2) is 0 Å². The van der Waals surface area contributed by atoms with Gasteiger partial charge in [0.2, 0.25) is 17.6 Å². The van der Waals surface area contributed by atoms with Crippen molar-refractivity contribution in [1.29, 1.82) is 0 Å². The highest BCUT2D eigenvalue weighted by atomic mass is 35.5. The summed E-state index contributed by atoms with van der Waals surface area (Å²) in [4.78, 5) is 19.2. The first-order valence-electron chi connectivity index (χ1n) is 9.44. The molecule has 0 aliphatic carbocycles. The lowest BCUT2D eigenvalue weighted by Gasteiger charge is -2.30. The number of rotatable bonds is 5. The lowest BCUT2D eigenvalue weighted by atomic mass is 9.96. The molecule has 2 heterocycles. The van der Waals surface area contributed by atoms with Gasteiger partial charge in [0.05, 0.1) is 6.54 Å². The van der Waals surface area contributed by atoms with Crippen molar-refractivity contribution < 1.29 is 9.32 Å². The zero-order chi connectivity index (χ0) is 20.2. The Balaban J connectivity index is 1.29. The van der Waals surface area contributed by atoms with E-state index in [2.05, 4.69) is 20.4 Å². The number of piperidine rings is 1. The fourth-order valence-corrected chi connectivity index (χ4v) is 3.71. The molecule has 1 aliphatic heterocycles. The SMILES string of the molecule is O=C(Nc1cccc(Cl)c1)C1CCN(Cc2nc(-c3ccc(Cl)cc3)no2)CC1. The summed E-state index contributed by atoms with van der Waals surface area (Å²) < 4.78 is 5.39. The molecule has 0 spiro atoms. The molecular formula is C21H20Cl2N4O2. The number of likely N-dealkylation sites (tertiary alicyclic amines) is 1. The van der Waals surface area contributed by atoms with Gasteiger partial charge >= 0.3 is 0 Å². The summed E-state index contributed by atoms with van der Waals surface area (Å²) in [5, 5.41) is 8.27. The molecule has 1 aromatic heterocycles. The average molecular weight is 431 g/mol. The van der Waals surface area contributed by atoms with Crippen molar-refractivity contribution in [3.63, 3.8) is 0 Å². The average Bonchev–Trinajstić information content (AvgIpc) is 3.17. The van der Waals surface area contributed by atoms with E-state index in [-0.39, 0.29) is 11.8 Å². The number of hydrogen-bond acceptors (Lipinski definition) is 5. The molecule has 29 heavy (non-hydrogen) atoms. The van der Waals surface area contributed by atoms with E-state index in [9.17, 15) is 4.79 Å². The Morgan fingerprint density at radius 1 is 1.10 bits per heavy atom. The molecule has 0 bridgehead atoms. The van der Waals surface area contributed by atoms with Gasteiger partial charge in [-0.05, 0) is 68.4 Å². The summed E-state index contributed by atoms with van der Waals surface area (Å²) in [5.74, 6) is 1.14. The Hall–Kier alpha value is -2.41. The number of amides is 1. The first-order valence-corrected chi connectivity index (χ1v) is 10.2. The highest BCUT2D eigenvalue weighted by Crippen LogP contribution is 2.23. The molecule has 8 heteroatoms. The molecule has 1 saturated heterocycles. The summed E-state index contributed by atoms with van der Waals surface area (Å²) in [5.41, 5.74) is 1.59. The first-order chi connectivity index (χ1) is 14.1. The van der Waals surface area contributed by atoms with Crippen molar-refractivity contribution in [2.24, 2.45) is 5.92 Å². The molecule has 1 aliphatic rings. The predicted molar refractivity (Wildman–Crippen MR) is 113 cm³/mol. The zero-order valence-corrected chi connectivity index (χ0v) is 17.2. The van der Waals surface area contributed by atoms with Crippen molar-refractivity contribution >= 4 is 34.8 Å². The molecule has 2 aromatic carbocycles. The lowest BCUT2D eigenvalue weighted by Crippen LogP contribution is -2.37. The smallest absolute Gasteiger partial charge is 0.241 e. The van der Waals surface area contributed by atoms with E-state index in [0.717, 1.165) is 37.2 Å². The van der Waals surface area contributed by atoms with E-state index in [0.29, 0.717) is 28.3 Å². The molecule has 0 atom stereocenters. The number of aromatic nitrogens is 2. The normalized spacial score (nSPS) is 15.4. The van der Waals surface area contributed by atoms with Gasteiger partial charge in [-0.2, -0.15) is 4.98 Å². The summed E-state index contributed by atoms with van der Waals surface area (Å²) in [7, 11) is 0. The number of carbonyl (C=O) groups is 1. The minimum Gasteiger partial charge on any atom is -0.338 e. The molecule has 0 saturated carbocycles. The number of carbonyl (C=O) groups excluding carboxylic acids is 1. The first kappa shape index (κ1) is 19.9. The minimum absolute atomic E-state index is 0.0162. The van der Waals surface area contributed by atoms with Crippen LogP contribution in [0.25, 0.3) is 11.4 Å². The van der Waals surface area contributed by atoms with Crippen LogP contribution in [0.4, 0.5) is 5.69 Å². The Bertz CT molecular complexity index is 982. The largest absolute Gasteiger partial charge is 0.338 e. The molecule has 1 amide bonds. The van der Waals surface area contributed by atoms with Crippen LogP contribution in [-0.2, 0) is 11.3 Å². The topological polar surface area (TPSA) is 71.3 Å². The Morgan fingerprint density at radius 3 is 2.59 bits per heavy atom. The maximum atomic E-state index is 12.5. The van der Waals surface area contributed by atoms with Crippen molar-refractivity contribution in [3.05, 3.63) is 64.5 Å². The van der Waals surface area contributed by atoms with Crippen LogP contribution in [0.3, 0.4) is 0 Å². The van der Waals surface area contributed by atoms with Crippen molar-refractivity contribution in [2.75, 3.05) is 18.4 Å². The van der Waals surface area contributed by atoms with Crippen LogP contribution < -0.4 is 5.32 Å². The highest BCUT2D eigenvalue weighted by molar-refractivity contribution is 6.31. The van der Waals surface area contributed by atoms with Gasteiger partial charge < -0.3 is 9.84 Å². The molecule has 1 fully saturated rings. The van der Waals surface area contributed by atoms with E-state index in [1.165, 1.54) is 0 Å². The molecule has 150 valence electrons. The van der Waals surface area contributed by atoms with Gasteiger partial charge in [-0.3, -0.25) is 9.69 Å². The van der Waals surface area contributed by atoms with Gasteiger partial charge in [0.1, 0.15) is 0 Å². The van der Waals surface area contributed by atoms with Crippen molar-refractivity contribution in [2.45, 2.75) is 19.4 Å². The molecule has 0 unspecified atom stereocenters. The van der Waals surface area contributed by atoms with Gasteiger partial charge in [-0.15, -0.1) is 0 Å². The molecular weight excluding hydrogens is 411 g/mol. The molecule has 3 aromatic rings. The third-order valence-corrected chi connectivity index (χ3v) is 5.47. The fourth-order valence-electron chi connectivity index (χ4n) is 3.39. The molecule has 0 radical (unpaired) electrons. The zero-order valence-electron chi connectivity index (χ0n) is 15.6. The number of halogens is 2. The number of nitrogens with one attached hydrogen (secondary N) is 1. The monoisotopic (exact) mass is 430 g/mol. The predicted octanol–water partition coefficient (Wildman–Crippen LogP) is 4.89. The van der Waals surface area contributed by atoms with Crippen LogP contribution in [0.5, 0.6) is 0 Å². The number of hydrogen-bond donors (Lipinski definition) is 1. The highest BCUT2D eigenvalue weighted by Gasteiger charge is 2.26. The van der Waals surface area contributed by atoms with Crippen molar-refractivity contribution in [3.8, 4) is 11.4 Å². The summed E-state index contributed by atoms with van der Waals surface area (Å²) in [6.45, 7) is 2.17. The lowest BCUT2D eigenvalue weighted by molar-refractivity contribution is -0.121. The molecule has 1 N–H and O–H groups in total. The summed E-state index contributed by atoms with van der Waals surface area (Å²) in [6.07, 6.45) is 1.56. The Morgan fingerprint density at radius 2 is 1.86 bits per heavy atom.